The summed E-state index contributed by atoms with van der Waals surface area (Å²) >= 11 is 5.71. The third-order valence-corrected chi connectivity index (χ3v) is 5.36. The Kier molecular flexibility index (Phi) is 5.76. The molecule has 0 aliphatic carbocycles. The van der Waals surface area contributed by atoms with E-state index in [0.29, 0.717) is 5.75 Å². The van der Waals surface area contributed by atoms with Crippen molar-refractivity contribution in [1.82, 2.24) is 4.31 Å². The molecule has 0 heterocycles. The van der Waals surface area contributed by atoms with Crippen LogP contribution in [0, 0.1) is 10.1 Å². The number of benzene rings is 2. The Morgan fingerprint density at radius 3 is 2.50 bits per heavy atom. The first-order valence-corrected chi connectivity index (χ1v) is 8.72. The van der Waals surface area contributed by atoms with Gasteiger partial charge in [0, 0.05) is 24.7 Å². The third kappa shape index (κ3) is 4.22. The van der Waals surface area contributed by atoms with Crippen molar-refractivity contribution in [1.29, 1.82) is 0 Å². The van der Waals surface area contributed by atoms with Gasteiger partial charge in [0.05, 0.1) is 4.92 Å². The highest BCUT2D eigenvalue weighted by molar-refractivity contribution is 7.89. The highest BCUT2D eigenvalue weighted by Gasteiger charge is 2.29. The molecule has 0 aliphatic heterocycles. The lowest BCUT2D eigenvalue weighted by Gasteiger charge is -2.17. The van der Waals surface area contributed by atoms with Gasteiger partial charge in [-0.15, -0.1) is 0 Å². The van der Waals surface area contributed by atoms with Crippen LogP contribution in [0.1, 0.15) is 0 Å². The molecule has 2 aromatic carbocycles. The van der Waals surface area contributed by atoms with E-state index in [1.807, 2.05) is 6.07 Å². The van der Waals surface area contributed by atoms with Crippen molar-refractivity contribution in [2.75, 3.05) is 20.2 Å². The molecule has 0 aromatic heterocycles. The van der Waals surface area contributed by atoms with Crippen LogP contribution < -0.4 is 4.74 Å². The smallest absolute Gasteiger partial charge is 0.290 e. The molecule has 128 valence electrons. The summed E-state index contributed by atoms with van der Waals surface area (Å²) in [5.74, 6) is 0.612. The molecule has 0 aliphatic rings. The van der Waals surface area contributed by atoms with Crippen molar-refractivity contribution < 1.29 is 18.1 Å². The number of sulfonamides is 1. The average molecular weight is 371 g/mol. The number of para-hydroxylation sites is 1. The van der Waals surface area contributed by atoms with E-state index >= 15 is 0 Å². The lowest BCUT2D eigenvalue weighted by Crippen LogP contribution is -2.31. The molecule has 0 saturated carbocycles. The molecule has 0 saturated heterocycles. The topological polar surface area (TPSA) is 89.8 Å². The molecule has 2 aromatic rings. The zero-order valence-electron chi connectivity index (χ0n) is 12.8. The highest BCUT2D eigenvalue weighted by atomic mass is 35.5. The van der Waals surface area contributed by atoms with Gasteiger partial charge < -0.3 is 4.74 Å². The van der Waals surface area contributed by atoms with Crippen molar-refractivity contribution >= 4 is 27.3 Å². The maximum absolute atomic E-state index is 12.5. The Labute approximate surface area is 144 Å². The SMILES string of the molecule is CN(CCOc1ccccc1)S(=O)(=O)c1ccc(Cl)cc1[N+](=O)[O-]. The Balaban J connectivity index is 2.13. The maximum atomic E-state index is 12.5. The number of nitro benzene ring substituents is 1. The summed E-state index contributed by atoms with van der Waals surface area (Å²) < 4.78 is 31.5. The summed E-state index contributed by atoms with van der Waals surface area (Å²) in [7, 11) is -2.70. The summed E-state index contributed by atoms with van der Waals surface area (Å²) in [5.41, 5.74) is -0.557. The molecule has 2 rings (SSSR count). The molecule has 0 unspecified atom stereocenters. The fraction of sp³-hybridized carbons (Fsp3) is 0.200. The molecule has 0 amide bonds. The quantitative estimate of drug-likeness (QED) is 0.552. The standard InChI is InChI=1S/C15H15ClN2O5S/c1-17(9-10-23-13-5-3-2-4-6-13)24(21,22)15-8-7-12(16)11-14(15)18(19)20/h2-8,11H,9-10H2,1H3. The van der Waals surface area contributed by atoms with Crippen LogP contribution in [-0.2, 0) is 10.0 Å². The summed E-state index contributed by atoms with van der Waals surface area (Å²) in [6.07, 6.45) is 0. The van der Waals surface area contributed by atoms with Gasteiger partial charge in [0.1, 0.15) is 12.4 Å². The second-order valence-corrected chi connectivity index (χ2v) is 7.31. The predicted octanol–water partition coefficient (Wildman–Crippen LogP) is 2.95. The molecule has 0 bridgehead atoms. The van der Waals surface area contributed by atoms with E-state index in [1.165, 1.54) is 13.1 Å². The normalized spacial score (nSPS) is 11.5. The largest absolute Gasteiger partial charge is 0.492 e. The van der Waals surface area contributed by atoms with Gasteiger partial charge in [0.15, 0.2) is 4.90 Å². The van der Waals surface area contributed by atoms with Crippen LogP contribution in [0.5, 0.6) is 5.75 Å². The van der Waals surface area contributed by atoms with Crippen molar-refractivity contribution in [3.05, 3.63) is 63.7 Å². The number of hydrogen-bond acceptors (Lipinski definition) is 5. The van der Waals surface area contributed by atoms with Crippen molar-refractivity contribution in [3.63, 3.8) is 0 Å². The monoisotopic (exact) mass is 370 g/mol. The van der Waals surface area contributed by atoms with Crippen LogP contribution in [0.4, 0.5) is 5.69 Å². The lowest BCUT2D eigenvalue weighted by molar-refractivity contribution is -0.387. The number of nitro groups is 1. The molecule has 0 radical (unpaired) electrons. The van der Waals surface area contributed by atoms with Crippen molar-refractivity contribution in [2.24, 2.45) is 0 Å². The molecule has 0 fully saturated rings. The number of rotatable bonds is 7. The third-order valence-electron chi connectivity index (χ3n) is 3.22. The molecule has 9 heteroatoms. The predicted molar refractivity (Wildman–Crippen MR) is 89.9 cm³/mol. The number of halogens is 1. The first kappa shape index (κ1) is 18.2. The van der Waals surface area contributed by atoms with E-state index in [2.05, 4.69) is 0 Å². The van der Waals surface area contributed by atoms with Crippen molar-refractivity contribution in [3.8, 4) is 5.75 Å². The molecule has 0 N–H and O–H groups in total. The zero-order valence-corrected chi connectivity index (χ0v) is 14.3. The molecule has 24 heavy (non-hydrogen) atoms. The van der Waals surface area contributed by atoms with E-state index in [4.69, 9.17) is 16.3 Å². The summed E-state index contributed by atoms with van der Waals surface area (Å²) in [6.45, 7) is 0.151. The van der Waals surface area contributed by atoms with E-state index in [1.54, 1.807) is 24.3 Å². The average Bonchev–Trinajstić information content (AvgIpc) is 2.55. The fourth-order valence-corrected chi connectivity index (χ4v) is 3.40. The van der Waals surface area contributed by atoms with E-state index < -0.39 is 25.5 Å². The summed E-state index contributed by atoms with van der Waals surface area (Å²) in [6, 6.07) is 12.4. The number of hydrogen-bond donors (Lipinski definition) is 0. The second kappa shape index (κ2) is 7.61. The number of ether oxygens (including phenoxy) is 1. The van der Waals surface area contributed by atoms with Gasteiger partial charge in [-0.1, -0.05) is 29.8 Å². The maximum Gasteiger partial charge on any atom is 0.290 e. The molecular formula is C15H15ClN2O5S. The summed E-state index contributed by atoms with van der Waals surface area (Å²) in [4.78, 5) is 9.91. The van der Waals surface area contributed by atoms with Gasteiger partial charge in [-0.05, 0) is 24.3 Å². The van der Waals surface area contributed by atoms with Gasteiger partial charge in [0.2, 0.25) is 10.0 Å². The minimum atomic E-state index is -4.03. The lowest BCUT2D eigenvalue weighted by atomic mass is 10.3. The molecule has 0 spiro atoms. The Hall–Kier alpha value is -2.16. The Morgan fingerprint density at radius 2 is 1.88 bits per heavy atom. The van der Waals surface area contributed by atoms with E-state index in [9.17, 15) is 18.5 Å². The first-order valence-electron chi connectivity index (χ1n) is 6.90. The first-order chi connectivity index (χ1) is 11.3. The number of likely N-dealkylation sites (N-methyl/N-ethyl adjacent to an activating group) is 1. The number of nitrogens with zero attached hydrogens (tertiary/aromatic N) is 2. The minimum absolute atomic E-state index is 0.0387. The fourth-order valence-electron chi connectivity index (χ4n) is 1.95. The summed E-state index contributed by atoms with van der Waals surface area (Å²) in [5, 5.41) is 11.2. The molecule has 7 nitrogen and oxygen atoms in total. The van der Waals surface area contributed by atoms with Gasteiger partial charge in [-0.3, -0.25) is 10.1 Å². The van der Waals surface area contributed by atoms with Crippen LogP contribution in [0.25, 0.3) is 0 Å². The highest BCUT2D eigenvalue weighted by Crippen LogP contribution is 2.29. The van der Waals surface area contributed by atoms with E-state index in [0.717, 1.165) is 16.4 Å². The van der Waals surface area contributed by atoms with Crippen LogP contribution in [-0.4, -0.2) is 37.8 Å². The second-order valence-electron chi connectivity index (χ2n) is 4.86. The van der Waals surface area contributed by atoms with Gasteiger partial charge >= 0.3 is 0 Å². The van der Waals surface area contributed by atoms with Crippen LogP contribution >= 0.6 is 11.6 Å². The van der Waals surface area contributed by atoms with Gasteiger partial charge in [-0.2, -0.15) is 4.31 Å². The van der Waals surface area contributed by atoms with Crippen molar-refractivity contribution in [2.45, 2.75) is 4.90 Å². The van der Waals surface area contributed by atoms with Gasteiger partial charge in [-0.25, -0.2) is 8.42 Å². The Morgan fingerprint density at radius 1 is 1.21 bits per heavy atom. The van der Waals surface area contributed by atoms with Crippen LogP contribution in [0.2, 0.25) is 5.02 Å². The minimum Gasteiger partial charge on any atom is -0.492 e. The molecular weight excluding hydrogens is 356 g/mol. The van der Waals surface area contributed by atoms with Crippen LogP contribution in [0.3, 0.4) is 0 Å². The van der Waals surface area contributed by atoms with Gasteiger partial charge in [0.25, 0.3) is 5.69 Å². The Bertz CT molecular complexity index is 827. The van der Waals surface area contributed by atoms with Crippen LogP contribution in [0.15, 0.2) is 53.4 Å². The zero-order chi connectivity index (χ0) is 17.7. The molecule has 0 atom stereocenters. The van der Waals surface area contributed by atoms with E-state index in [-0.39, 0.29) is 18.2 Å².